The summed E-state index contributed by atoms with van der Waals surface area (Å²) < 4.78 is 5.55. The predicted octanol–water partition coefficient (Wildman–Crippen LogP) is 2.93. The lowest BCUT2D eigenvalue weighted by atomic mass is 10.1. The minimum absolute atomic E-state index is 0.137. The first kappa shape index (κ1) is 14.3. The molecule has 0 radical (unpaired) electrons. The third-order valence-corrected chi connectivity index (χ3v) is 2.97. The number of ether oxygens (including phenoxy) is 1. The van der Waals surface area contributed by atoms with Gasteiger partial charge in [-0.1, -0.05) is 42.5 Å². The van der Waals surface area contributed by atoms with Gasteiger partial charge in [0.25, 0.3) is 0 Å². The molecule has 3 nitrogen and oxygen atoms in total. The lowest BCUT2D eigenvalue weighted by Gasteiger charge is -2.12. The Hall–Kier alpha value is -2.13. The smallest absolute Gasteiger partial charge is 0.134 e. The van der Waals surface area contributed by atoms with Gasteiger partial charge in [-0.2, -0.15) is 0 Å². The molecule has 0 aromatic heterocycles. The van der Waals surface area contributed by atoms with Gasteiger partial charge in [0.2, 0.25) is 0 Å². The topological polar surface area (TPSA) is 46.5 Å². The maximum Gasteiger partial charge on any atom is 0.134 e. The quantitative estimate of drug-likeness (QED) is 0.878. The van der Waals surface area contributed by atoms with Crippen molar-refractivity contribution in [2.24, 2.45) is 0 Å². The molecule has 2 aromatic rings. The van der Waals surface area contributed by atoms with Crippen molar-refractivity contribution in [2.75, 3.05) is 6.61 Å². The van der Waals surface area contributed by atoms with Gasteiger partial charge in [0.1, 0.15) is 24.2 Å². The molecule has 3 heteroatoms. The third kappa shape index (κ3) is 4.21. The normalized spacial score (nSPS) is 11.9. The lowest BCUT2D eigenvalue weighted by molar-refractivity contribution is -0.116. The first-order valence-corrected chi connectivity index (χ1v) is 6.59. The molecule has 0 bridgehead atoms. The second kappa shape index (κ2) is 6.87. The van der Waals surface area contributed by atoms with Crippen LogP contribution in [0.15, 0.2) is 54.6 Å². The molecule has 2 rings (SSSR count). The number of hydrogen-bond acceptors (Lipinski definition) is 3. The van der Waals surface area contributed by atoms with E-state index in [4.69, 9.17) is 4.74 Å². The van der Waals surface area contributed by atoms with Crippen LogP contribution in [-0.2, 0) is 11.2 Å². The van der Waals surface area contributed by atoms with Crippen molar-refractivity contribution in [3.63, 3.8) is 0 Å². The van der Waals surface area contributed by atoms with E-state index >= 15 is 0 Å². The van der Waals surface area contributed by atoms with Crippen LogP contribution in [-0.4, -0.2) is 17.5 Å². The van der Waals surface area contributed by atoms with Crippen LogP contribution in [0, 0.1) is 0 Å². The molecule has 1 N–H and O–H groups in total. The second-order valence-corrected chi connectivity index (χ2v) is 4.76. The summed E-state index contributed by atoms with van der Waals surface area (Å²) in [6, 6.07) is 16.8. The van der Waals surface area contributed by atoms with E-state index in [1.807, 2.05) is 54.6 Å². The first-order valence-electron chi connectivity index (χ1n) is 6.59. The largest absolute Gasteiger partial charge is 0.491 e. The summed E-state index contributed by atoms with van der Waals surface area (Å²) in [7, 11) is 0. The fourth-order valence-electron chi connectivity index (χ4n) is 1.94. The van der Waals surface area contributed by atoms with Crippen LogP contribution in [0.2, 0.25) is 0 Å². The van der Waals surface area contributed by atoms with Crippen molar-refractivity contribution in [3.05, 3.63) is 65.7 Å². The molecule has 0 amide bonds. The Kier molecular flexibility index (Phi) is 4.91. The van der Waals surface area contributed by atoms with E-state index < -0.39 is 6.10 Å². The zero-order valence-electron chi connectivity index (χ0n) is 11.5. The summed E-state index contributed by atoms with van der Waals surface area (Å²) in [6.45, 7) is 1.77. The van der Waals surface area contributed by atoms with Gasteiger partial charge in [-0.15, -0.1) is 0 Å². The number of carbonyl (C=O) groups excluding carboxylic acids is 1. The van der Waals surface area contributed by atoms with E-state index in [1.165, 1.54) is 0 Å². The number of ketones is 1. The van der Waals surface area contributed by atoms with Gasteiger partial charge in [0, 0.05) is 6.42 Å². The van der Waals surface area contributed by atoms with Crippen molar-refractivity contribution in [3.8, 4) is 5.75 Å². The Bertz CT molecular complexity index is 546. The van der Waals surface area contributed by atoms with Crippen molar-refractivity contribution >= 4 is 5.78 Å². The molecular formula is C17H18O3. The number of aliphatic hydroxyl groups is 1. The predicted molar refractivity (Wildman–Crippen MR) is 77.7 cm³/mol. The molecule has 0 aliphatic heterocycles. The van der Waals surface area contributed by atoms with E-state index in [0.717, 1.165) is 11.1 Å². The van der Waals surface area contributed by atoms with Gasteiger partial charge in [-0.25, -0.2) is 0 Å². The fourth-order valence-corrected chi connectivity index (χ4v) is 1.94. The Balaban J connectivity index is 1.89. The highest BCUT2D eigenvalue weighted by atomic mass is 16.5. The minimum Gasteiger partial charge on any atom is -0.491 e. The Morgan fingerprint density at radius 1 is 1.10 bits per heavy atom. The van der Waals surface area contributed by atoms with Crippen molar-refractivity contribution < 1.29 is 14.6 Å². The maximum atomic E-state index is 11.0. The van der Waals surface area contributed by atoms with Crippen LogP contribution in [0.4, 0.5) is 0 Å². The van der Waals surface area contributed by atoms with E-state index in [9.17, 15) is 9.90 Å². The van der Waals surface area contributed by atoms with Gasteiger partial charge >= 0.3 is 0 Å². The SMILES string of the molecule is CC(=O)Cc1ccc(OCC(O)c2ccccc2)cc1. The van der Waals surface area contributed by atoms with E-state index in [-0.39, 0.29) is 12.4 Å². The maximum absolute atomic E-state index is 11.0. The highest BCUT2D eigenvalue weighted by Crippen LogP contribution is 2.17. The van der Waals surface area contributed by atoms with Gasteiger partial charge in [0.15, 0.2) is 0 Å². The number of carbonyl (C=O) groups is 1. The molecule has 2 aromatic carbocycles. The van der Waals surface area contributed by atoms with Crippen LogP contribution < -0.4 is 4.74 Å². The number of benzene rings is 2. The van der Waals surface area contributed by atoms with Gasteiger partial charge in [0.05, 0.1) is 0 Å². The van der Waals surface area contributed by atoms with E-state index in [0.29, 0.717) is 12.2 Å². The number of hydrogen-bond donors (Lipinski definition) is 1. The number of Topliss-reactive ketones (excluding diaryl/α,β-unsaturated/α-hetero) is 1. The molecular weight excluding hydrogens is 252 g/mol. The summed E-state index contributed by atoms with van der Waals surface area (Å²) in [5.74, 6) is 0.824. The van der Waals surface area contributed by atoms with Crippen molar-refractivity contribution in [2.45, 2.75) is 19.4 Å². The van der Waals surface area contributed by atoms with Gasteiger partial charge in [-0.05, 0) is 30.2 Å². The summed E-state index contributed by atoms with van der Waals surface area (Å²) >= 11 is 0. The number of rotatable bonds is 6. The molecule has 104 valence electrons. The van der Waals surface area contributed by atoms with Crippen LogP contribution >= 0.6 is 0 Å². The highest BCUT2D eigenvalue weighted by Gasteiger charge is 2.07. The molecule has 0 fully saturated rings. The lowest BCUT2D eigenvalue weighted by Crippen LogP contribution is -2.09. The van der Waals surface area contributed by atoms with Crippen LogP contribution in [0.25, 0.3) is 0 Å². The molecule has 1 unspecified atom stereocenters. The summed E-state index contributed by atoms with van der Waals surface area (Å²) in [6.07, 6.45) is -0.208. The summed E-state index contributed by atoms with van der Waals surface area (Å²) in [4.78, 5) is 11.0. The van der Waals surface area contributed by atoms with Crippen molar-refractivity contribution in [1.29, 1.82) is 0 Å². The van der Waals surface area contributed by atoms with E-state index in [2.05, 4.69) is 0 Å². The average Bonchev–Trinajstić information content (AvgIpc) is 2.46. The summed E-state index contributed by atoms with van der Waals surface area (Å²) in [5, 5.41) is 9.99. The zero-order chi connectivity index (χ0) is 14.4. The molecule has 0 aliphatic carbocycles. The molecule has 0 aliphatic rings. The van der Waals surface area contributed by atoms with Crippen LogP contribution in [0.3, 0.4) is 0 Å². The van der Waals surface area contributed by atoms with Gasteiger partial charge < -0.3 is 9.84 Å². The average molecular weight is 270 g/mol. The minimum atomic E-state index is -0.645. The first-order chi connectivity index (χ1) is 9.65. The third-order valence-electron chi connectivity index (χ3n) is 2.97. The Morgan fingerprint density at radius 3 is 2.35 bits per heavy atom. The van der Waals surface area contributed by atoms with E-state index in [1.54, 1.807) is 6.92 Å². The molecule has 0 spiro atoms. The summed E-state index contributed by atoms with van der Waals surface area (Å²) in [5.41, 5.74) is 1.80. The highest BCUT2D eigenvalue weighted by molar-refractivity contribution is 5.78. The number of aliphatic hydroxyl groups excluding tert-OH is 1. The Morgan fingerprint density at radius 2 is 1.75 bits per heavy atom. The molecule has 20 heavy (non-hydrogen) atoms. The van der Waals surface area contributed by atoms with Gasteiger partial charge in [-0.3, -0.25) is 4.79 Å². The molecule has 0 saturated heterocycles. The Labute approximate surface area is 118 Å². The zero-order valence-corrected chi connectivity index (χ0v) is 11.5. The van der Waals surface area contributed by atoms with Crippen LogP contribution in [0.5, 0.6) is 5.75 Å². The monoisotopic (exact) mass is 270 g/mol. The van der Waals surface area contributed by atoms with Crippen molar-refractivity contribution in [1.82, 2.24) is 0 Å². The molecule has 0 heterocycles. The second-order valence-electron chi connectivity index (χ2n) is 4.76. The molecule has 0 saturated carbocycles. The van der Waals surface area contributed by atoms with Crippen LogP contribution in [0.1, 0.15) is 24.2 Å². The standard InChI is InChI=1S/C17H18O3/c1-13(18)11-14-7-9-16(10-8-14)20-12-17(19)15-5-3-2-4-6-15/h2-10,17,19H,11-12H2,1H3. The molecule has 1 atom stereocenters. The fraction of sp³-hybridized carbons (Fsp3) is 0.235.